The van der Waals surface area contributed by atoms with Crippen molar-refractivity contribution in [1.29, 1.82) is 0 Å². The monoisotopic (exact) mass is 312 g/mol. The fourth-order valence-corrected chi connectivity index (χ4v) is 3.31. The number of benzene rings is 1. The topological polar surface area (TPSA) is 52.0 Å². The van der Waals surface area contributed by atoms with E-state index >= 15 is 0 Å². The van der Waals surface area contributed by atoms with E-state index in [1.807, 2.05) is 32.0 Å². The maximum atomic E-state index is 12.6. The summed E-state index contributed by atoms with van der Waals surface area (Å²) in [5, 5.41) is 0.588. The highest BCUT2D eigenvalue weighted by Gasteiger charge is 2.14. The molecule has 0 aliphatic rings. The number of fused-ring (bicyclic) bond motifs is 1. The van der Waals surface area contributed by atoms with E-state index in [9.17, 15) is 9.59 Å². The van der Waals surface area contributed by atoms with Crippen molar-refractivity contribution in [2.45, 2.75) is 27.3 Å². The Bertz CT molecular complexity index is 920. The van der Waals surface area contributed by atoms with E-state index in [-0.39, 0.29) is 17.9 Å². The lowest BCUT2D eigenvalue weighted by atomic mass is 10.1. The molecule has 0 saturated heterocycles. The van der Waals surface area contributed by atoms with Gasteiger partial charge >= 0.3 is 0 Å². The number of thiophene rings is 1. The van der Waals surface area contributed by atoms with Crippen molar-refractivity contribution in [2.24, 2.45) is 0 Å². The molecule has 2 heterocycles. The zero-order chi connectivity index (χ0) is 15.9. The predicted molar refractivity (Wildman–Crippen MR) is 88.9 cm³/mol. The Morgan fingerprint density at radius 2 is 1.86 bits per heavy atom. The Hall–Kier alpha value is -2.27. The molecule has 0 bridgehead atoms. The standard InChI is InChI=1S/C17H16N2O2S/c1-10-4-6-13(7-5-10)15(20)9-19-12(3)18-16-14(17(19)21)8-11(2)22-16/h4-8H,9H2,1-3H3. The van der Waals surface area contributed by atoms with E-state index in [1.165, 1.54) is 15.9 Å². The van der Waals surface area contributed by atoms with Crippen LogP contribution in [0, 0.1) is 20.8 Å². The number of aryl methyl sites for hydroxylation is 3. The van der Waals surface area contributed by atoms with Crippen LogP contribution in [0.2, 0.25) is 0 Å². The van der Waals surface area contributed by atoms with Crippen molar-refractivity contribution in [3.63, 3.8) is 0 Å². The van der Waals surface area contributed by atoms with Crippen LogP contribution in [-0.2, 0) is 6.54 Å². The van der Waals surface area contributed by atoms with Crippen LogP contribution < -0.4 is 5.56 Å². The minimum Gasteiger partial charge on any atom is -0.292 e. The van der Waals surface area contributed by atoms with Gasteiger partial charge in [0, 0.05) is 10.4 Å². The Kier molecular flexibility index (Phi) is 3.66. The number of rotatable bonds is 3. The first-order valence-corrected chi connectivity index (χ1v) is 7.85. The van der Waals surface area contributed by atoms with Gasteiger partial charge in [-0.2, -0.15) is 0 Å². The predicted octanol–water partition coefficient (Wildman–Crippen LogP) is 3.27. The summed E-state index contributed by atoms with van der Waals surface area (Å²) < 4.78 is 1.46. The number of hydrogen-bond acceptors (Lipinski definition) is 4. The number of ketones is 1. The zero-order valence-corrected chi connectivity index (χ0v) is 13.5. The summed E-state index contributed by atoms with van der Waals surface area (Å²) in [6, 6.07) is 9.21. The smallest absolute Gasteiger partial charge is 0.262 e. The number of carbonyl (C=O) groups is 1. The molecule has 0 aliphatic carbocycles. The van der Waals surface area contributed by atoms with E-state index in [0.29, 0.717) is 16.8 Å². The van der Waals surface area contributed by atoms with Gasteiger partial charge in [0.1, 0.15) is 10.7 Å². The quantitative estimate of drug-likeness (QED) is 0.698. The van der Waals surface area contributed by atoms with E-state index in [1.54, 1.807) is 19.1 Å². The summed E-state index contributed by atoms with van der Waals surface area (Å²) in [4.78, 5) is 31.2. The Morgan fingerprint density at radius 3 is 2.55 bits per heavy atom. The Morgan fingerprint density at radius 1 is 1.18 bits per heavy atom. The van der Waals surface area contributed by atoms with Crippen LogP contribution >= 0.6 is 11.3 Å². The fraction of sp³-hybridized carbons (Fsp3) is 0.235. The Labute approximate surface area is 132 Å². The van der Waals surface area contributed by atoms with Crippen LogP contribution in [0.3, 0.4) is 0 Å². The van der Waals surface area contributed by atoms with Crippen molar-refractivity contribution in [3.05, 3.63) is 62.5 Å². The average molecular weight is 312 g/mol. The van der Waals surface area contributed by atoms with Gasteiger partial charge in [-0.25, -0.2) is 4.98 Å². The van der Waals surface area contributed by atoms with Crippen LogP contribution in [0.25, 0.3) is 10.2 Å². The minimum absolute atomic E-state index is 0.0194. The van der Waals surface area contributed by atoms with Gasteiger partial charge in [-0.3, -0.25) is 14.2 Å². The van der Waals surface area contributed by atoms with Gasteiger partial charge < -0.3 is 0 Å². The molecule has 0 aliphatic heterocycles. The first-order chi connectivity index (χ1) is 10.5. The molecular weight excluding hydrogens is 296 g/mol. The largest absolute Gasteiger partial charge is 0.292 e. The van der Waals surface area contributed by atoms with Gasteiger partial charge in [-0.15, -0.1) is 11.3 Å². The number of Topliss-reactive ketones (excluding diaryl/α,β-unsaturated/α-hetero) is 1. The van der Waals surface area contributed by atoms with Crippen LogP contribution in [0.1, 0.15) is 26.6 Å². The highest BCUT2D eigenvalue weighted by atomic mass is 32.1. The molecule has 3 rings (SSSR count). The van der Waals surface area contributed by atoms with Crippen molar-refractivity contribution >= 4 is 27.3 Å². The van der Waals surface area contributed by atoms with Gasteiger partial charge in [0.15, 0.2) is 5.78 Å². The zero-order valence-electron chi connectivity index (χ0n) is 12.7. The lowest BCUT2D eigenvalue weighted by Crippen LogP contribution is -2.27. The third-order valence-corrected chi connectivity index (χ3v) is 4.58. The molecule has 2 aromatic heterocycles. The number of nitrogens with zero attached hydrogens (tertiary/aromatic N) is 2. The summed E-state index contributed by atoms with van der Waals surface area (Å²) in [5.74, 6) is 0.484. The molecule has 1 aromatic carbocycles. The van der Waals surface area contributed by atoms with Gasteiger partial charge in [-0.05, 0) is 26.8 Å². The van der Waals surface area contributed by atoms with Crippen LogP contribution in [0.5, 0.6) is 0 Å². The second-order valence-corrected chi connectivity index (χ2v) is 6.65. The average Bonchev–Trinajstić information content (AvgIpc) is 2.84. The number of carbonyl (C=O) groups excluding carboxylic acids is 1. The molecule has 112 valence electrons. The summed E-state index contributed by atoms with van der Waals surface area (Å²) in [7, 11) is 0. The summed E-state index contributed by atoms with van der Waals surface area (Å²) in [5.41, 5.74) is 1.56. The molecule has 0 atom stereocenters. The lowest BCUT2D eigenvalue weighted by molar-refractivity contribution is 0.0969. The molecule has 5 heteroatoms. The van der Waals surface area contributed by atoms with Crippen molar-refractivity contribution in [3.8, 4) is 0 Å². The molecule has 22 heavy (non-hydrogen) atoms. The molecule has 0 fully saturated rings. The van der Waals surface area contributed by atoms with E-state index in [2.05, 4.69) is 4.98 Å². The molecule has 0 saturated carbocycles. The van der Waals surface area contributed by atoms with E-state index in [4.69, 9.17) is 0 Å². The maximum absolute atomic E-state index is 12.6. The normalized spacial score (nSPS) is 11.0. The highest BCUT2D eigenvalue weighted by Crippen LogP contribution is 2.20. The molecule has 0 unspecified atom stereocenters. The minimum atomic E-state index is -0.146. The van der Waals surface area contributed by atoms with Gasteiger partial charge in [0.2, 0.25) is 0 Å². The molecule has 0 amide bonds. The summed E-state index contributed by atoms with van der Waals surface area (Å²) in [6.07, 6.45) is 0. The van der Waals surface area contributed by atoms with Crippen molar-refractivity contribution < 1.29 is 4.79 Å². The van der Waals surface area contributed by atoms with Gasteiger partial charge in [-0.1, -0.05) is 29.8 Å². The summed E-state index contributed by atoms with van der Waals surface area (Å²) in [6.45, 7) is 5.70. The molecular formula is C17H16N2O2S. The van der Waals surface area contributed by atoms with E-state index in [0.717, 1.165) is 15.3 Å². The van der Waals surface area contributed by atoms with Crippen molar-refractivity contribution in [1.82, 2.24) is 9.55 Å². The van der Waals surface area contributed by atoms with Crippen LogP contribution in [-0.4, -0.2) is 15.3 Å². The molecule has 4 nitrogen and oxygen atoms in total. The number of aromatic nitrogens is 2. The van der Waals surface area contributed by atoms with Gasteiger partial charge in [0.25, 0.3) is 5.56 Å². The lowest BCUT2D eigenvalue weighted by Gasteiger charge is -2.08. The van der Waals surface area contributed by atoms with Crippen LogP contribution in [0.4, 0.5) is 0 Å². The number of hydrogen-bond donors (Lipinski definition) is 0. The van der Waals surface area contributed by atoms with Crippen molar-refractivity contribution in [2.75, 3.05) is 0 Å². The third-order valence-electron chi connectivity index (χ3n) is 3.64. The molecule has 0 spiro atoms. The second kappa shape index (κ2) is 5.50. The second-order valence-electron chi connectivity index (χ2n) is 5.42. The third kappa shape index (κ3) is 2.60. The van der Waals surface area contributed by atoms with Crippen LogP contribution in [0.15, 0.2) is 35.1 Å². The van der Waals surface area contributed by atoms with E-state index < -0.39 is 0 Å². The Balaban J connectivity index is 2.01. The highest BCUT2D eigenvalue weighted by molar-refractivity contribution is 7.18. The first kappa shape index (κ1) is 14.7. The SMILES string of the molecule is Cc1ccc(C(=O)Cn2c(C)nc3sc(C)cc3c2=O)cc1. The fourth-order valence-electron chi connectivity index (χ4n) is 2.40. The van der Waals surface area contributed by atoms with Gasteiger partial charge in [0.05, 0.1) is 11.9 Å². The maximum Gasteiger partial charge on any atom is 0.262 e. The summed E-state index contributed by atoms with van der Waals surface area (Å²) >= 11 is 1.50. The molecule has 0 N–H and O–H groups in total. The first-order valence-electron chi connectivity index (χ1n) is 7.03. The molecule has 3 aromatic rings. The molecule has 0 radical (unpaired) electrons.